The lowest BCUT2D eigenvalue weighted by Crippen LogP contribution is -2.81. The molecular formula is C6H18N2+2. The molecule has 0 atom stereocenters. The van der Waals surface area contributed by atoms with Crippen molar-refractivity contribution >= 4 is 0 Å². The molecule has 0 bridgehead atoms. The molecule has 0 radical (unpaired) electrons. The second kappa shape index (κ2) is 6.92. The van der Waals surface area contributed by atoms with E-state index in [0.29, 0.717) is 0 Å². The molecule has 0 unspecified atom stereocenters. The van der Waals surface area contributed by atoms with Gasteiger partial charge in [-0.15, -0.1) is 0 Å². The molecule has 0 aromatic carbocycles. The summed E-state index contributed by atoms with van der Waals surface area (Å²) in [5, 5.41) is 4.46. The van der Waals surface area contributed by atoms with Crippen LogP contribution in [0.25, 0.3) is 0 Å². The van der Waals surface area contributed by atoms with E-state index >= 15 is 0 Å². The maximum Gasteiger partial charge on any atom is 0.0755 e. The van der Waals surface area contributed by atoms with E-state index in [-0.39, 0.29) is 0 Å². The number of unbranched alkanes of at least 4 members (excludes halogenated alkanes) is 1. The molecule has 2 nitrogen and oxygen atoms in total. The number of hydrogen-bond acceptors (Lipinski definition) is 0. The maximum atomic E-state index is 2.23. The van der Waals surface area contributed by atoms with E-state index in [9.17, 15) is 0 Å². The van der Waals surface area contributed by atoms with Gasteiger partial charge in [-0.1, -0.05) is 0 Å². The molecule has 0 aromatic heterocycles. The predicted octanol–water partition coefficient (Wildman–Crippen LogP) is -1.85. The van der Waals surface area contributed by atoms with E-state index in [1.165, 1.54) is 25.9 Å². The van der Waals surface area contributed by atoms with Gasteiger partial charge < -0.3 is 10.6 Å². The molecule has 50 valence electrons. The summed E-state index contributed by atoms with van der Waals surface area (Å²) in [5.74, 6) is 0. The van der Waals surface area contributed by atoms with Crippen molar-refractivity contribution in [3.05, 3.63) is 0 Å². The van der Waals surface area contributed by atoms with Gasteiger partial charge in [0.2, 0.25) is 0 Å². The topological polar surface area (TPSA) is 33.2 Å². The van der Waals surface area contributed by atoms with Gasteiger partial charge in [-0.25, -0.2) is 0 Å². The van der Waals surface area contributed by atoms with Gasteiger partial charge in [0.1, 0.15) is 0 Å². The average Bonchev–Trinajstić information content (AvgIpc) is 1.81. The molecule has 0 aliphatic carbocycles. The van der Waals surface area contributed by atoms with Gasteiger partial charge in [-0.3, -0.25) is 0 Å². The number of rotatable bonds is 5. The van der Waals surface area contributed by atoms with E-state index < -0.39 is 0 Å². The van der Waals surface area contributed by atoms with Crippen molar-refractivity contribution < 1.29 is 10.6 Å². The van der Waals surface area contributed by atoms with E-state index in [1.54, 1.807) is 0 Å². The lowest BCUT2D eigenvalue weighted by atomic mass is 10.3. The lowest BCUT2D eigenvalue weighted by molar-refractivity contribution is -0.637. The Balaban J connectivity index is 2.53. The van der Waals surface area contributed by atoms with Gasteiger partial charge in [-0.05, 0) is 0 Å². The second-order valence-corrected chi connectivity index (χ2v) is 2.10. The summed E-state index contributed by atoms with van der Waals surface area (Å²) in [6, 6.07) is 0. The Bertz CT molecular complexity index is 31.5. The van der Waals surface area contributed by atoms with Crippen molar-refractivity contribution in [1.82, 2.24) is 0 Å². The first-order valence-electron chi connectivity index (χ1n) is 3.47. The molecule has 0 saturated carbocycles. The number of nitrogens with two attached hydrogens (primary N) is 2. The van der Waals surface area contributed by atoms with Crippen LogP contribution in [0.5, 0.6) is 0 Å². The predicted molar refractivity (Wildman–Crippen MR) is 34.7 cm³/mol. The summed E-state index contributed by atoms with van der Waals surface area (Å²) in [6.45, 7) is 2.57. The molecule has 0 aliphatic rings. The molecule has 0 aliphatic heterocycles. The van der Waals surface area contributed by atoms with Crippen LogP contribution in [0.15, 0.2) is 0 Å². The van der Waals surface area contributed by atoms with Crippen molar-refractivity contribution in [2.45, 2.75) is 12.8 Å². The first-order chi connectivity index (χ1) is 3.91. The summed E-state index contributed by atoms with van der Waals surface area (Å²) in [5.41, 5.74) is 0. The van der Waals surface area contributed by atoms with Crippen LogP contribution in [-0.2, 0) is 0 Å². The van der Waals surface area contributed by atoms with Crippen molar-refractivity contribution in [3.8, 4) is 0 Å². The third-order valence-corrected chi connectivity index (χ3v) is 1.24. The molecule has 0 heterocycles. The Morgan fingerprint density at radius 2 is 1.25 bits per heavy atom. The Morgan fingerprint density at radius 1 is 0.875 bits per heavy atom. The highest BCUT2D eigenvalue weighted by atomic mass is 14.8. The van der Waals surface area contributed by atoms with Gasteiger partial charge in [0.15, 0.2) is 0 Å². The third-order valence-electron chi connectivity index (χ3n) is 1.24. The molecule has 0 amide bonds. The average molecular weight is 118 g/mol. The first-order valence-corrected chi connectivity index (χ1v) is 3.47. The van der Waals surface area contributed by atoms with Gasteiger partial charge >= 0.3 is 0 Å². The Labute approximate surface area is 51.7 Å². The van der Waals surface area contributed by atoms with Gasteiger partial charge in [0, 0.05) is 12.8 Å². The van der Waals surface area contributed by atoms with Gasteiger partial charge in [0.25, 0.3) is 0 Å². The smallest absolute Gasteiger partial charge is 0.0755 e. The van der Waals surface area contributed by atoms with Crippen LogP contribution in [0.2, 0.25) is 0 Å². The molecule has 0 spiro atoms. The van der Waals surface area contributed by atoms with Crippen LogP contribution in [0, 0.1) is 0 Å². The normalized spacial score (nSPS) is 9.75. The highest BCUT2D eigenvalue weighted by molar-refractivity contribution is 4.30. The summed E-state index contributed by atoms with van der Waals surface area (Å²) in [7, 11) is 4.24. The van der Waals surface area contributed by atoms with Gasteiger partial charge in [0.05, 0.1) is 27.2 Å². The molecule has 2 heteroatoms. The Kier molecular flexibility index (Phi) is 6.85. The minimum Gasteiger partial charge on any atom is -0.349 e. The van der Waals surface area contributed by atoms with E-state index in [2.05, 4.69) is 24.7 Å². The molecule has 0 saturated heterocycles. The summed E-state index contributed by atoms with van der Waals surface area (Å²) >= 11 is 0. The SMILES string of the molecule is C[NH2+]CCCC[NH2+]C. The number of hydrogen-bond donors (Lipinski definition) is 2. The zero-order chi connectivity index (χ0) is 6.24. The minimum atomic E-state index is 1.29. The molecular weight excluding hydrogens is 100 g/mol. The van der Waals surface area contributed by atoms with E-state index in [4.69, 9.17) is 0 Å². The fourth-order valence-electron chi connectivity index (χ4n) is 0.697. The fourth-order valence-corrected chi connectivity index (χ4v) is 0.697. The molecule has 0 aromatic rings. The van der Waals surface area contributed by atoms with Crippen LogP contribution in [-0.4, -0.2) is 27.2 Å². The van der Waals surface area contributed by atoms with Crippen LogP contribution in [0.3, 0.4) is 0 Å². The standard InChI is InChI=1S/C6H16N2/c1-7-5-3-4-6-8-2/h7-8H,3-6H2,1-2H3/p+2. The van der Waals surface area contributed by atoms with Crippen LogP contribution in [0.4, 0.5) is 0 Å². The first kappa shape index (κ1) is 7.92. The molecule has 4 N–H and O–H groups in total. The Hall–Kier alpha value is -0.0800. The van der Waals surface area contributed by atoms with Crippen LogP contribution >= 0.6 is 0 Å². The quantitative estimate of drug-likeness (QED) is 0.398. The molecule has 8 heavy (non-hydrogen) atoms. The van der Waals surface area contributed by atoms with Crippen molar-refractivity contribution in [1.29, 1.82) is 0 Å². The van der Waals surface area contributed by atoms with Gasteiger partial charge in [-0.2, -0.15) is 0 Å². The lowest BCUT2D eigenvalue weighted by Gasteiger charge is -1.93. The van der Waals surface area contributed by atoms with Crippen molar-refractivity contribution in [2.24, 2.45) is 0 Å². The molecule has 0 fully saturated rings. The monoisotopic (exact) mass is 118 g/mol. The Morgan fingerprint density at radius 3 is 1.50 bits per heavy atom. The largest absolute Gasteiger partial charge is 0.349 e. The third kappa shape index (κ3) is 5.92. The highest BCUT2D eigenvalue weighted by Gasteiger charge is 1.86. The van der Waals surface area contributed by atoms with E-state index in [0.717, 1.165) is 0 Å². The minimum absolute atomic E-state index is 1.29. The fraction of sp³-hybridized carbons (Fsp3) is 1.00. The zero-order valence-electron chi connectivity index (χ0n) is 5.98. The van der Waals surface area contributed by atoms with E-state index in [1.807, 2.05) is 0 Å². The van der Waals surface area contributed by atoms with Crippen molar-refractivity contribution in [2.75, 3.05) is 27.2 Å². The maximum absolute atomic E-state index is 2.23. The summed E-state index contributed by atoms with van der Waals surface area (Å²) in [4.78, 5) is 0. The van der Waals surface area contributed by atoms with Crippen LogP contribution < -0.4 is 10.6 Å². The van der Waals surface area contributed by atoms with Crippen molar-refractivity contribution in [3.63, 3.8) is 0 Å². The molecule has 0 rings (SSSR count). The highest BCUT2D eigenvalue weighted by Crippen LogP contribution is 1.76. The summed E-state index contributed by atoms with van der Waals surface area (Å²) < 4.78 is 0. The summed E-state index contributed by atoms with van der Waals surface area (Å²) in [6.07, 6.45) is 2.72. The number of quaternary nitrogens is 2. The zero-order valence-corrected chi connectivity index (χ0v) is 5.98. The second-order valence-electron chi connectivity index (χ2n) is 2.10. The van der Waals surface area contributed by atoms with Crippen LogP contribution in [0.1, 0.15) is 12.8 Å².